The molecule has 3 N–H and O–H groups in total. The van der Waals surface area contributed by atoms with Gasteiger partial charge < -0.3 is 20.6 Å². The summed E-state index contributed by atoms with van der Waals surface area (Å²) in [5.74, 6) is 0.491. The highest BCUT2D eigenvalue weighted by atomic mass is 16.6. The lowest BCUT2D eigenvalue weighted by Gasteiger charge is -2.11. The molecule has 0 saturated heterocycles. The Kier molecular flexibility index (Phi) is 7.85. The molecule has 0 atom stereocenters. The molecule has 0 saturated carbocycles. The van der Waals surface area contributed by atoms with Crippen molar-refractivity contribution >= 4 is 11.7 Å². The highest BCUT2D eigenvalue weighted by Crippen LogP contribution is 2.19. The molecule has 0 radical (unpaired) electrons. The number of nitrogens with two attached hydrogens (primary N) is 1. The van der Waals surface area contributed by atoms with Gasteiger partial charge in [-0.2, -0.15) is 0 Å². The smallest absolute Gasteiger partial charge is 0.260 e. The van der Waals surface area contributed by atoms with Gasteiger partial charge in [0.25, 0.3) is 5.91 Å². The molecule has 0 aromatic heterocycles. The lowest BCUT2D eigenvalue weighted by molar-refractivity contribution is -0.125. The normalized spacial score (nSPS) is 11.0. The zero-order valence-corrected chi connectivity index (χ0v) is 16.7. The zero-order chi connectivity index (χ0) is 21.0. The number of nitrogens with zero attached hydrogens (tertiary/aromatic N) is 1. The Morgan fingerprint density at radius 1 is 0.867 bits per heavy atom. The Hall–Kier alpha value is -3.80. The number of nitrogens with one attached hydrogen (secondary N) is 1. The zero-order valence-electron chi connectivity index (χ0n) is 16.7. The van der Waals surface area contributed by atoms with Crippen molar-refractivity contribution in [2.24, 2.45) is 10.9 Å². The fraction of sp³-hybridized carbons (Fsp3) is 0.167. The summed E-state index contributed by atoms with van der Waals surface area (Å²) in [6, 6.07) is 27.1. The van der Waals surface area contributed by atoms with E-state index in [1.165, 1.54) is 0 Å². The fourth-order valence-corrected chi connectivity index (χ4v) is 2.79. The van der Waals surface area contributed by atoms with Crippen LogP contribution in [-0.2, 0) is 22.7 Å². The van der Waals surface area contributed by atoms with E-state index in [0.29, 0.717) is 24.5 Å². The summed E-state index contributed by atoms with van der Waals surface area (Å²) in [5, 5.41) is 6.67. The maximum atomic E-state index is 11.9. The summed E-state index contributed by atoms with van der Waals surface area (Å²) < 4.78 is 5.87. The van der Waals surface area contributed by atoms with Gasteiger partial charge in [0.05, 0.1) is 5.56 Å². The van der Waals surface area contributed by atoms with Crippen LogP contribution < -0.4 is 15.8 Å². The molecule has 0 fully saturated rings. The van der Waals surface area contributed by atoms with E-state index in [4.69, 9.17) is 15.3 Å². The van der Waals surface area contributed by atoms with Gasteiger partial charge in [0, 0.05) is 6.54 Å². The Labute approximate surface area is 176 Å². The molecule has 30 heavy (non-hydrogen) atoms. The predicted octanol–water partition coefficient (Wildman–Crippen LogP) is 3.26. The first kappa shape index (κ1) is 20.9. The second-order valence-electron chi connectivity index (χ2n) is 6.61. The Balaban J connectivity index is 1.47. The first-order chi connectivity index (χ1) is 14.7. The molecule has 0 bridgehead atoms. The summed E-state index contributed by atoms with van der Waals surface area (Å²) in [4.78, 5) is 17.0. The number of amides is 1. The van der Waals surface area contributed by atoms with E-state index in [2.05, 4.69) is 10.5 Å². The average molecular weight is 403 g/mol. The molecule has 6 heteroatoms. The van der Waals surface area contributed by atoms with Gasteiger partial charge in [0.1, 0.15) is 12.4 Å². The largest absolute Gasteiger partial charge is 0.488 e. The van der Waals surface area contributed by atoms with Gasteiger partial charge >= 0.3 is 0 Å². The third kappa shape index (κ3) is 6.67. The topological polar surface area (TPSA) is 85.9 Å². The molecule has 6 nitrogen and oxygen atoms in total. The molecule has 0 spiro atoms. The van der Waals surface area contributed by atoms with Crippen LogP contribution >= 0.6 is 0 Å². The first-order valence-corrected chi connectivity index (χ1v) is 9.74. The second-order valence-corrected chi connectivity index (χ2v) is 6.61. The minimum Gasteiger partial charge on any atom is -0.488 e. The number of ether oxygens (including phenoxy) is 1. The van der Waals surface area contributed by atoms with Gasteiger partial charge in [-0.1, -0.05) is 78.0 Å². The summed E-state index contributed by atoms with van der Waals surface area (Å²) in [7, 11) is 0. The highest BCUT2D eigenvalue weighted by molar-refractivity contribution is 5.99. The van der Waals surface area contributed by atoms with Crippen LogP contribution in [0.3, 0.4) is 0 Å². The van der Waals surface area contributed by atoms with Crippen molar-refractivity contribution in [3.05, 3.63) is 102 Å². The third-order valence-electron chi connectivity index (χ3n) is 4.34. The van der Waals surface area contributed by atoms with Crippen molar-refractivity contribution in [1.82, 2.24) is 5.32 Å². The number of hydrogen-bond donors (Lipinski definition) is 2. The maximum absolute atomic E-state index is 11.9. The first-order valence-electron chi connectivity index (χ1n) is 9.74. The van der Waals surface area contributed by atoms with Crippen molar-refractivity contribution < 1.29 is 14.4 Å². The molecule has 3 aromatic carbocycles. The number of para-hydroxylation sites is 1. The van der Waals surface area contributed by atoms with Crippen LogP contribution in [0.4, 0.5) is 0 Å². The van der Waals surface area contributed by atoms with Crippen molar-refractivity contribution in [3.8, 4) is 5.75 Å². The lowest BCUT2D eigenvalue weighted by Crippen LogP contribution is -2.29. The van der Waals surface area contributed by atoms with Crippen LogP contribution in [0.2, 0.25) is 0 Å². The number of rotatable bonds is 10. The summed E-state index contributed by atoms with van der Waals surface area (Å²) in [6.07, 6.45) is 0.754. The summed E-state index contributed by atoms with van der Waals surface area (Å²) >= 11 is 0. The van der Waals surface area contributed by atoms with Crippen molar-refractivity contribution in [1.29, 1.82) is 0 Å². The van der Waals surface area contributed by atoms with Gasteiger partial charge in [-0.3, -0.25) is 4.79 Å². The molecule has 0 heterocycles. The van der Waals surface area contributed by atoms with Gasteiger partial charge in [0.15, 0.2) is 12.4 Å². The van der Waals surface area contributed by atoms with E-state index >= 15 is 0 Å². The maximum Gasteiger partial charge on any atom is 0.260 e. The minimum atomic E-state index is -0.254. The Bertz CT molecular complexity index is 960. The standard InChI is InChI=1S/C24H25N3O3/c25-24(27-30-18-23(28)26-16-15-19-9-3-1-4-10-19)21-13-7-8-14-22(21)29-17-20-11-5-2-6-12-20/h1-14H,15-18H2,(H2,25,27)(H,26,28). The van der Waals surface area contributed by atoms with Crippen LogP contribution in [-0.4, -0.2) is 24.9 Å². The number of carbonyl (C=O) groups is 1. The second kappa shape index (κ2) is 11.3. The number of hydrogen-bond acceptors (Lipinski definition) is 4. The van der Waals surface area contributed by atoms with E-state index in [1.807, 2.05) is 78.9 Å². The van der Waals surface area contributed by atoms with Gasteiger partial charge in [0.2, 0.25) is 0 Å². The van der Waals surface area contributed by atoms with Gasteiger partial charge in [-0.05, 0) is 29.7 Å². The van der Waals surface area contributed by atoms with Crippen LogP contribution in [0.1, 0.15) is 16.7 Å². The Morgan fingerprint density at radius 2 is 1.50 bits per heavy atom. The molecule has 0 aliphatic carbocycles. The molecule has 0 unspecified atom stereocenters. The van der Waals surface area contributed by atoms with Crippen molar-refractivity contribution in [3.63, 3.8) is 0 Å². The van der Waals surface area contributed by atoms with E-state index in [1.54, 1.807) is 6.07 Å². The van der Waals surface area contributed by atoms with Gasteiger partial charge in [-0.25, -0.2) is 0 Å². The summed E-state index contributed by atoms with van der Waals surface area (Å²) in [5.41, 5.74) is 8.86. The molecule has 0 aliphatic heterocycles. The van der Waals surface area contributed by atoms with Gasteiger partial charge in [-0.15, -0.1) is 0 Å². The highest BCUT2D eigenvalue weighted by Gasteiger charge is 2.09. The third-order valence-corrected chi connectivity index (χ3v) is 4.34. The molecule has 3 rings (SSSR count). The van der Waals surface area contributed by atoms with E-state index < -0.39 is 0 Å². The molecule has 0 aliphatic rings. The number of amidine groups is 1. The van der Waals surface area contributed by atoms with Crippen molar-refractivity contribution in [2.75, 3.05) is 13.2 Å². The minimum absolute atomic E-state index is 0.149. The van der Waals surface area contributed by atoms with E-state index in [-0.39, 0.29) is 18.3 Å². The molecular weight excluding hydrogens is 378 g/mol. The van der Waals surface area contributed by atoms with Crippen LogP contribution in [0, 0.1) is 0 Å². The monoisotopic (exact) mass is 403 g/mol. The predicted molar refractivity (Wildman–Crippen MR) is 117 cm³/mol. The number of carbonyl (C=O) groups excluding carboxylic acids is 1. The lowest BCUT2D eigenvalue weighted by atomic mass is 10.1. The van der Waals surface area contributed by atoms with E-state index in [9.17, 15) is 4.79 Å². The van der Waals surface area contributed by atoms with Crippen LogP contribution in [0.25, 0.3) is 0 Å². The Morgan fingerprint density at radius 3 is 2.23 bits per heavy atom. The molecule has 3 aromatic rings. The number of oxime groups is 1. The number of benzene rings is 3. The van der Waals surface area contributed by atoms with Crippen molar-refractivity contribution in [2.45, 2.75) is 13.0 Å². The molecule has 154 valence electrons. The average Bonchev–Trinajstić information content (AvgIpc) is 2.79. The van der Waals surface area contributed by atoms with E-state index in [0.717, 1.165) is 17.5 Å². The molecule has 1 amide bonds. The molecular formula is C24H25N3O3. The summed E-state index contributed by atoms with van der Waals surface area (Å²) in [6.45, 7) is 0.736. The van der Waals surface area contributed by atoms with Crippen LogP contribution in [0.15, 0.2) is 90.1 Å². The van der Waals surface area contributed by atoms with Crippen LogP contribution in [0.5, 0.6) is 5.75 Å². The fourth-order valence-electron chi connectivity index (χ4n) is 2.79. The SMILES string of the molecule is N/C(=N\OCC(=O)NCCc1ccccc1)c1ccccc1OCc1ccccc1. The quantitative estimate of drug-likeness (QED) is 0.309.